The first-order chi connectivity index (χ1) is 12.6. The van der Waals surface area contributed by atoms with Crippen molar-refractivity contribution in [3.8, 4) is 5.75 Å². The maximum atomic E-state index is 12.5. The largest absolute Gasteiger partial charge is 0.494 e. The van der Waals surface area contributed by atoms with E-state index in [0.29, 0.717) is 30.4 Å². The lowest BCUT2D eigenvalue weighted by molar-refractivity contribution is -0.128. The summed E-state index contributed by atoms with van der Waals surface area (Å²) in [5.74, 6) is 0.213. The molecule has 0 unspecified atom stereocenters. The first-order valence-electron chi connectivity index (χ1n) is 8.61. The van der Waals surface area contributed by atoms with E-state index in [1.54, 1.807) is 23.1 Å². The van der Waals surface area contributed by atoms with Gasteiger partial charge in [-0.1, -0.05) is 29.8 Å². The molecule has 0 saturated carbocycles. The molecule has 136 valence electrons. The van der Waals surface area contributed by atoms with E-state index in [9.17, 15) is 9.59 Å². The molecule has 5 nitrogen and oxygen atoms in total. The van der Waals surface area contributed by atoms with Gasteiger partial charge in [-0.15, -0.1) is 0 Å². The fraction of sp³-hybridized carbons (Fsp3) is 0.300. The Morgan fingerprint density at radius 2 is 1.96 bits per heavy atom. The quantitative estimate of drug-likeness (QED) is 0.840. The minimum absolute atomic E-state index is 0.0308. The Hall–Kier alpha value is -2.53. The molecular weight excluding hydrogens is 352 g/mol. The Morgan fingerprint density at radius 1 is 1.23 bits per heavy atom. The van der Waals surface area contributed by atoms with Gasteiger partial charge in [-0.3, -0.25) is 9.59 Å². The number of anilines is 1. The second-order valence-electron chi connectivity index (χ2n) is 6.21. The van der Waals surface area contributed by atoms with Crippen LogP contribution in [0.3, 0.4) is 0 Å². The average Bonchev–Trinajstić information content (AvgIpc) is 3.00. The Balaban J connectivity index is 1.59. The highest BCUT2D eigenvalue weighted by Gasteiger charge is 2.34. The monoisotopic (exact) mass is 372 g/mol. The van der Waals surface area contributed by atoms with E-state index < -0.39 is 0 Å². The van der Waals surface area contributed by atoms with Crippen molar-refractivity contribution >= 4 is 29.1 Å². The van der Waals surface area contributed by atoms with Gasteiger partial charge in [0.25, 0.3) is 0 Å². The number of nitrogens with one attached hydrogen (secondary N) is 1. The van der Waals surface area contributed by atoms with E-state index in [1.807, 2.05) is 37.3 Å². The van der Waals surface area contributed by atoms with Crippen LogP contribution in [0.1, 0.15) is 18.9 Å². The van der Waals surface area contributed by atoms with Gasteiger partial charge in [0.2, 0.25) is 11.8 Å². The molecule has 1 saturated heterocycles. The first-order valence-corrected chi connectivity index (χ1v) is 8.99. The van der Waals surface area contributed by atoms with Crippen LogP contribution in [-0.2, 0) is 16.1 Å². The van der Waals surface area contributed by atoms with Crippen LogP contribution in [0, 0.1) is 5.92 Å². The second-order valence-corrected chi connectivity index (χ2v) is 6.62. The first kappa shape index (κ1) is 18.3. The summed E-state index contributed by atoms with van der Waals surface area (Å²) in [5.41, 5.74) is 1.57. The molecule has 0 spiro atoms. The number of likely N-dealkylation sites (tertiary alicyclic amines) is 1. The molecule has 1 aliphatic rings. The summed E-state index contributed by atoms with van der Waals surface area (Å²) in [5, 5.41) is 3.50. The lowest BCUT2D eigenvalue weighted by Crippen LogP contribution is -2.28. The summed E-state index contributed by atoms with van der Waals surface area (Å²) in [4.78, 5) is 26.4. The fourth-order valence-corrected chi connectivity index (χ4v) is 3.17. The number of benzene rings is 2. The zero-order valence-corrected chi connectivity index (χ0v) is 15.3. The molecular formula is C20H21ClN2O3. The summed E-state index contributed by atoms with van der Waals surface area (Å²) in [7, 11) is 0. The standard InChI is InChI=1S/C20H21ClN2O3/c1-2-26-17-9-7-16(8-10-17)22-20(25)15-11-19(24)23(13-15)12-14-5-3-4-6-18(14)21/h3-10,15H,2,11-13H2,1H3,(H,22,25)/t15-/m0/s1. The number of amides is 2. The normalized spacial score (nSPS) is 16.6. The number of hydrogen-bond donors (Lipinski definition) is 1. The van der Waals surface area contributed by atoms with Crippen LogP contribution in [0.15, 0.2) is 48.5 Å². The Morgan fingerprint density at radius 3 is 2.65 bits per heavy atom. The molecule has 26 heavy (non-hydrogen) atoms. The van der Waals surface area contributed by atoms with E-state index in [1.165, 1.54) is 0 Å². The third kappa shape index (κ3) is 4.35. The number of rotatable bonds is 6. The van der Waals surface area contributed by atoms with Crippen LogP contribution in [0.25, 0.3) is 0 Å². The van der Waals surface area contributed by atoms with Crippen LogP contribution in [0.5, 0.6) is 5.75 Å². The van der Waals surface area contributed by atoms with Gasteiger partial charge in [-0.25, -0.2) is 0 Å². The minimum atomic E-state index is -0.364. The smallest absolute Gasteiger partial charge is 0.229 e. The van der Waals surface area contributed by atoms with Crippen LogP contribution in [-0.4, -0.2) is 29.9 Å². The summed E-state index contributed by atoms with van der Waals surface area (Å²) < 4.78 is 5.39. The zero-order valence-electron chi connectivity index (χ0n) is 14.6. The maximum Gasteiger partial charge on any atom is 0.229 e. The van der Waals surface area contributed by atoms with Crippen molar-refractivity contribution in [1.29, 1.82) is 0 Å². The number of carbonyl (C=O) groups excluding carboxylic acids is 2. The Labute approximate surface area is 157 Å². The second kappa shape index (κ2) is 8.23. The third-order valence-electron chi connectivity index (χ3n) is 4.34. The molecule has 1 aliphatic heterocycles. The molecule has 0 bridgehead atoms. The van der Waals surface area contributed by atoms with Gasteiger partial charge in [0.05, 0.1) is 12.5 Å². The molecule has 1 N–H and O–H groups in total. The van der Waals surface area contributed by atoms with Gasteiger partial charge in [0, 0.05) is 30.2 Å². The van der Waals surface area contributed by atoms with Crippen molar-refractivity contribution in [3.63, 3.8) is 0 Å². The molecule has 2 aromatic carbocycles. The highest BCUT2D eigenvalue weighted by molar-refractivity contribution is 6.31. The molecule has 1 atom stereocenters. The molecule has 1 fully saturated rings. The Bertz CT molecular complexity index is 792. The number of carbonyl (C=O) groups is 2. The Kier molecular flexibility index (Phi) is 5.78. The van der Waals surface area contributed by atoms with E-state index in [2.05, 4.69) is 5.32 Å². The van der Waals surface area contributed by atoms with Crippen molar-refractivity contribution < 1.29 is 14.3 Å². The van der Waals surface area contributed by atoms with Gasteiger partial charge in [-0.05, 0) is 42.8 Å². The highest BCUT2D eigenvalue weighted by Crippen LogP contribution is 2.25. The van der Waals surface area contributed by atoms with Crippen molar-refractivity contribution in [2.24, 2.45) is 5.92 Å². The predicted molar refractivity (Wildman–Crippen MR) is 101 cm³/mol. The van der Waals surface area contributed by atoms with Crippen LogP contribution < -0.4 is 10.1 Å². The fourth-order valence-electron chi connectivity index (χ4n) is 2.98. The van der Waals surface area contributed by atoms with Gasteiger partial charge in [0.1, 0.15) is 5.75 Å². The maximum absolute atomic E-state index is 12.5. The van der Waals surface area contributed by atoms with Crippen LogP contribution >= 0.6 is 11.6 Å². The summed E-state index contributed by atoms with van der Waals surface area (Å²) in [6, 6.07) is 14.6. The van der Waals surface area contributed by atoms with Crippen molar-refractivity contribution in [2.75, 3.05) is 18.5 Å². The highest BCUT2D eigenvalue weighted by atomic mass is 35.5. The van der Waals surface area contributed by atoms with Crippen molar-refractivity contribution in [1.82, 2.24) is 4.90 Å². The van der Waals surface area contributed by atoms with E-state index in [4.69, 9.17) is 16.3 Å². The van der Waals surface area contributed by atoms with Gasteiger partial charge < -0.3 is 15.0 Å². The van der Waals surface area contributed by atoms with Gasteiger partial charge >= 0.3 is 0 Å². The molecule has 0 aliphatic carbocycles. The molecule has 2 aromatic rings. The molecule has 1 heterocycles. The predicted octanol–water partition coefficient (Wildman–Crippen LogP) is 3.73. The van der Waals surface area contributed by atoms with Crippen molar-refractivity contribution in [2.45, 2.75) is 19.9 Å². The number of hydrogen-bond acceptors (Lipinski definition) is 3. The summed E-state index contributed by atoms with van der Waals surface area (Å²) in [6.07, 6.45) is 0.216. The zero-order chi connectivity index (χ0) is 18.5. The van der Waals surface area contributed by atoms with Crippen LogP contribution in [0.4, 0.5) is 5.69 Å². The van der Waals surface area contributed by atoms with Crippen LogP contribution in [0.2, 0.25) is 5.02 Å². The van der Waals surface area contributed by atoms with E-state index in [0.717, 1.165) is 11.3 Å². The average molecular weight is 373 g/mol. The van der Waals surface area contributed by atoms with Gasteiger partial charge in [0.15, 0.2) is 0 Å². The summed E-state index contributed by atoms with van der Waals surface area (Å²) >= 11 is 6.16. The molecule has 0 aromatic heterocycles. The van der Waals surface area contributed by atoms with Gasteiger partial charge in [-0.2, -0.15) is 0 Å². The molecule has 0 radical (unpaired) electrons. The van der Waals surface area contributed by atoms with E-state index >= 15 is 0 Å². The van der Waals surface area contributed by atoms with Crippen molar-refractivity contribution in [3.05, 3.63) is 59.1 Å². The van der Waals surface area contributed by atoms with E-state index in [-0.39, 0.29) is 24.2 Å². The molecule has 3 rings (SSSR count). The SMILES string of the molecule is CCOc1ccc(NC(=O)[C@H]2CC(=O)N(Cc3ccccc3Cl)C2)cc1. The lowest BCUT2D eigenvalue weighted by atomic mass is 10.1. The minimum Gasteiger partial charge on any atom is -0.494 e. The third-order valence-corrected chi connectivity index (χ3v) is 4.71. The molecule has 2 amide bonds. The topological polar surface area (TPSA) is 58.6 Å². The lowest BCUT2D eigenvalue weighted by Gasteiger charge is -2.17. The number of ether oxygens (including phenoxy) is 1. The summed E-state index contributed by atoms with van der Waals surface area (Å²) in [6.45, 7) is 3.33. The molecule has 6 heteroatoms. The number of nitrogens with zero attached hydrogens (tertiary/aromatic N) is 1. The number of halogens is 1.